The van der Waals surface area contributed by atoms with Crippen LogP contribution in [0.25, 0.3) is 10.8 Å². The maximum Gasteiger partial charge on any atom is 0.269 e. The van der Waals surface area contributed by atoms with Gasteiger partial charge in [0.1, 0.15) is 11.5 Å². The molecule has 0 aliphatic heterocycles. The first-order chi connectivity index (χ1) is 13.5. The summed E-state index contributed by atoms with van der Waals surface area (Å²) in [6.07, 6.45) is 0.0606. The number of hydrogen-bond donors (Lipinski definition) is 2. The van der Waals surface area contributed by atoms with Crippen LogP contribution in [0.15, 0.2) is 59.1 Å². The Bertz CT molecular complexity index is 1020. The number of methoxy groups -OCH3 is 2. The molecule has 2 N–H and O–H groups in total. The van der Waals surface area contributed by atoms with Gasteiger partial charge >= 0.3 is 0 Å². The summed E-state index contributed by atoms with van der Waals surface area (Å²) in [5.74, 6) is 0.502. The Morgan fingerprint density at radius 2 is 1.68 bits per heavy atom. The summed E-state index contributed by atoms with van der Waals surface area (Å²) in [5.41, 5.74) is 6.04. The summed E-state index contributed by atoms with van der Waals surface area (Å²) < 4.78 is 11.4. The predicted molar refractivity (Wildman–Crippen MR) is 111 cm³/mol. The number of nitrogens with one attached hydrogen (secondary N) is 2. The van der Waals surface area contributed by atoms with E-state index < -0.39 is 5.91 Å². The molecule has 0 radical (unpaired) electrons. The Balaban J connectivity index is 1.71. The molecule has 0 saturated heterocycles. The summed E-state index contributed by atoms with van der Waals surface area (Å²) in [4.78, 5) is 24.6. The van der Waals surface area contributed by atoms with Crippen LogP contribution in [0.5, 0.6) is 11.5 Å². The van der Waals surface area contributed by atoms with Crippen molar-refractivity contribution in [3.63, 3.8) is 0 Å². The van der Waals surface area contributed by atoms with Crippen LogP contribution in [0, 0.1) is 0 Å². The number of hydrazine groups is 1. The van der Waals surface area contributed by atoms with E-state index in [4.69, 9.17) is 9.47 Å². The van der Waals surface area contributed by atoms with Gasteiger partial charge in [-0.2, -0.15) is 0 Å². The molecule has 3 rings (SSSR count). The van der Waals surface area contributed by atoms with Gasteiger partial charge in [0.25, 0.3) is 5.91 Å². The second-order valence-electron chi connectivity index (χ2n) is 6.02. The van der Waals surface area contributed by atoms with Crippen molar-refractivity contribution in [2.24, 2.45) is 0 Å². The van der Waals surface area contributed by atoms with Gasteiger partial charge in [-0.15, -0.1) is 0 Å². The quantitative estimate of drug-likeness (QED) is 0.591. The topological polar surface area (TPSA) is 76.7 Å². The molecule has 28 heavy (non-hydrogen) atoms. The minimum atomic E-state index is -0.412. The first-order valence-corrected chi connectivity index (χ1v) is 9.29. The van der Waals surface area contributed by atoms with E-state index in [1.54, 1.807) is 38.5 Å². The van der Waals surface area contributed by atoms with E-state index in [0.29, 0.717) is 17.1 Å². The first kappa shape index (κ1) is 19.7. The van der Waals surface area contributed by atoms with Crippen molar-refractivity contribution in [2.45, 2.75) is 6.42 Å². The molecule has 0 fully saturated rings. The molecule has 0 unspecified atom stereocenters. The molecule has 144 valence electrons. The fraction of sp³-hybridized carbons (Fsp3) is 0.143. The number of halogens is 1. The molecule has 3 aromatic rings. The molecule has 0 aliphatic rings. The Hall–Kier alpha value is -3.06. The van der Waals surface area contributed by atoms with Gasteiger partial charge in [-0.3, -0.25) is 20.4 Å². The molecule has 0 aromatic heterocycles. The monoisotopic (exact) mass is 442 g/mol. The van der Waals surface area contributed by atoms with Gasteiger partial charge in [-0.05, 0) is 53.2 Å². The number of benzene rings is 3. The van der Waals surface area contributed by atoms with E-state index in [1.165, 1.54) is 0 Å². The minimum Gasteiger partial charge on any atom is -0.497 e. The van der Waals surface area contributed by atoms with Gasteiger partial charge < -0.3 is 9.47 Å². The number of hydrogen-bond acceptors (Lipinski definition) is 4. The smallest absolute Gasteiger partial charge is 0.269 e. The lowest BCUT2D eigenvalue weighted by atomic mass is 10.0. The fourth-order valence-corrected chi connectivity index (χ4v) is 3.24. The zero-order valence-corrected chi connectivity index (χ0v) is 17.0. The Kier molecular flexibility index (Phi) is 6.16. The third-order valence-electron chi connectivity index (χ3n) is 4.28. The van der Waals surface area contributed by atoms with Crippen molar-refractivity contribution in [3.8, 4) is 11.5 Å². The third kappa shape index (κ3) is 4.43. The van der Waals surface area contributed by atoms with Gasteiger partial charge in [0, 0.05) is 15.6 Å². The average molecular weight is 443 g/mol. The lowest BCUT2D eigenvalue weighted by molar-refractivity contribution is -0.121. The normalized spacial score (nSPS) is 10.4. The zero-order valence-electron chi connectivity index (χ0n) is 15.4. The number of carbonyl (C=O) groups is 2. The number of carbonyl (C=O) groups excluding carboxylic acids is 2. The number of fused-ring (bicyclic) bond motifs is 1. The highest BCUT2D eigenvalue weighted by Crippen LogP contribution is 2.30. The maximum absolute atomic E-state index is 12.4. The molecule has 0 bridgehead atoms. The molecular formula is C21H19BrN2O4. The van der Waals surface area contributed by atoms with Gasteiger partial charge in [0.15, 0.2) is 0 Å². The summed E-state index contributed by atoms with van der Waals surface area (Å²) >= 11 is 3.45. The largest absolute Gasteiger partial charge is 0.497 e. The van der Waals surface area contributed by atoms with Crippen molar-refractivity contribution in [2.75, 3.05) is 14.2 Å². The van der Waals surface area contributed by atoms with E-state index in [-0.39, 0.29) is 12.3 Å². The lowest BCUT2D eigenvalue weighted by Crippen LogP contribution is -2.42. The molecule has 2 amide bonds. The molecule has 0 atom stereocenters. The van der Waals surface area contributed by atoms with E-state index >= 15 is 0 Å². The van der Waals surface area contributed by atoms with Crippen LogP contribution < -0.4 is 20.3 Å². The second kappa shape index (κ2) is 8.75. The van der Waals surface area contributed by atoms with Crippen LogP contribution in [0.2, 0.25) is 0 Å². The molecule has 3 aromatic carbocycles. The van der Waals surface area contributed by atoms with Crippen LogP contribution in [0.3, 0.4) is 0 Å². The highest BCUT2D eigenvalue weighted by Gasteiger charge is 2.14. The minimum absolute atomic E-state index is 0.0606. The maximum atomic E-state index is 12.4. The molecule has 7 heteroatoms. The van der Waals surface area contributed by atoms with Crippen molar-refractivity contribution in [1.82, 2.24) is 10.9 Å². The number of rotatable bonds is 5. The van der Waals surface area contributed by atoms with Crippen LogP contribution in [0.1, 0.15) is 15.9 Å². The highest BCUT2D eigenvalue weighted by atomic mass is 79.9. The van der Waals surface area contributed by atoms with Crippen LogP contribution >= 0.6 is 15.9 Å². The standard InChI is InChI=1S/C21H19BrN2O4/c1-27-16-7-3-13(4-8-16)21(26)24-23-20(25)12-18-17-9-6-15(22)11-14(17)5-10-19(18)28-2/h3-11H,12H2,1-2H3,(H,23,25)(H,24,26). The average Bonchev–Trinajstić information content (AvgIpc) is 2.72. The summed E-state index contributed by atoms with van der Waals surface area (Å²) in [6, 6.07) is 16.2. The number of amides is 2. The SMILES string of the molecule is COc1ccc(C(=O)NNC(=O)Cc2c(OC)ccc3cc(Br)ccc23)cc1. The molecule has 0 spiro atoms. The number of ether oxygens (including phenoxy) is 2. The summed E-state index contributed by atoms with van der Waals surface area (Å²) in [6.45, 7) is 0. The van der Waals surface area contributed by atoms with Gasteiger partial charge in [-0.1, -0.05) is 28.1 Å². The molecule has 6 nitrogen and oxygen atoms in total. The van der Waals surface area contributed by atoms with Crippen molar-refractivity contribution < 1.29 is 19.1 Å². The third-order valence-corrected chi connectivity index (χ3v) is 4.77. The van der Waals surface area contributed by atoms with E-state index in [0.717, 1.165) is 20.8 Å². The summed E-state index contributed by atoms with van der Waals surface area (Å²) in [7, 11) is 3.11. The van der Waals surface area contributed by atoms with Crippen LogP contribution in [0.4, 0.5) is 0 Å². The van der Waals surface area contributed by atoms with Gasteiger partial charge in [0.2, 0.25) is 5.91 Å². The Labute approximate surface area is 170 Å². The lowest BCUT2D eigenvalue weighted by Gasteiger charge is -2.13. The highest BCUT2D eigenvalue weighted by molar-refractivity contribution is 9.10. The molecule has 0 heterocycles. The first-order valence-electron chi connectivity index (χ1n) is 8.50. The summed E-state index contributed by atoms with van der Waals surface area (Å²) in [5, 5.41) is 1.90. The second-order valence-corrected chi connectivity index (χ2v) is 6.94. The van der Waals surface area contributed by atoms with Crippen LogP contribution in [-0.2, 0) is 11.2 Å². The van der Waals surface area contributed by atoms with Crippen LogP contribution in [-0.4, -0.2) is 26.0 Å². The predicted octanol–water partition coefficient (Wildman–Crippen LogP) is 3.62. The molecular weight excluding hydrogens is 424 g/mol. The van der Waals surface area contributed by atoms with Crippen molar-refractivity contribution >= 4 is 38.5 Å². The van der Waals surface area contributed by atoms with Crippen molar-refractivity contribution in [3.05, 3.63) is 70.2 Å². The Morgan fingerprint density at radius 3 is 2.36 bits per heavy atom. The van der Waals surface area contributed by atoms with Crippen molar-refractivity contribution in [1.29, 1.82) is 0 Å². The Morgan fingerprint density at radius 1 is 0.929 bits per heavy atom. The van der Waals surface area contributed by atoms with E-state index in [2.05, 4.69) is 26.8 Å². The molecule has 0 saturated carbocycles. The fourth-order valence-electron chi connectivity index (χ4n) is 2.86. The van der Waals surface area contributed by atoms with E-state index in [9.17, 15) is 9.59 Å². The molecule has 0 aliphatic carbocycles. The van der Waals surface area contributed by atoms with Gasteiger partial charge in [-0.25, -0.2) is 0 Å². The zero-order chi connectivity index (χ0) is 20.1. The van der Waals surface area contributed by atoms with E-state index in [1.807, 2.05) is 30.3 Å². The van der Waals surface area contributed by atoms with Gasteiger partial charge in [0.05, 0.1) is 20.6 Å².